The lowest BCUT2D eigenvalue weighted by atomic mass is 10.0. The third-order valence-electron chi connectivity index (χ3n) is 4.81. The third kappa shape index (κ3) is 4.55. The predicted molar refractivity (Wildman–Crippen MR) is 102 cm³/mol. The van der Waals surface area contributed by atoms with Gasteiger partial charge in [0.25, 0.3) is 5.91 Å². The fourth-order valence-corrected chi connectivity index (χ4v) is 3.36. The number of carbonyl (C=O) groups excluding carboxylic acids is 1. The molecule has 0 unspecified atom stereocenters. The zero-order valence-corrected chi connectivity index (χ0v) is 15.4. The Hall–Kier alpha value is -2.53. The van der Waals surface area contributed by atoms with Crippen molar-refractivity contribution in [2.45, 2.75) is 25.4 Å². The molecule has 1 fully saturated rings. The van der Waals surface area contributed by atoms with E-state index in [4.69, 9.17) is 9.47 Å². The quantitative estimate of drug-likeness (QED) is 0.866. The molecule has 26 heavy (non-hydrogen) atoms. The molecule has 0 spiro atoms. The van der Waals surface area contributed by atoms with E-state index in [1.165, 1.54) is 5.56 Å². The topological polar surface area (TPSA) is 50.8 Å². The number of likely N-dealkylation sites (tertiary alicyclic amines) is 1. The fraction of sp³-hybridized carbons (Fsp3) is 0.381. The van der Waals surface area contributed by atoms with Gasteiger partial charge in [0, 0.05) is 25.7 Å². The molecule has 0 aromatic heterocycles. The average Bonchev–Trinajstić information content (AvgIpc) is 2.69. The van der Waals surface area contributed by atoms with Crippen molar-refractivity contribution < 1.29 is 14.3 Å². The first-order valence-corrected chi connectivity index (χ1v) is 8.98. The molecular formula is C21H26N2O3. The van der Waals surface area contributed by atoms with Crippen LogP contribution in [0.3, 0.4) is 0 Å². The molecule has 1 heterocycles. The number of methoxy groups -OCH3 is 2. The van der Waals surface area contributed by atoms with Crippen LogP contribution in [-0.4, -0.2) is 44.2 Å². The maximum absolute atomic E-state index is 12.5. The van der Waals surface area contributed by atoms with Crippen molar-refractivity contribution in [2.24, 2.45) is 0 Å². The Balaban J connectivity index is 1.51. The largest absolute Gasteiger partial charge is 0.497 e. The van der Waals surface area contributed by atoms with Gasteiger partial charge in [-0.3, -0.25) is 9.69 Å². The van der Waals surface area contributed by atoms with Crippen molar-refractivity contribution >= 4 is 5.91 Å². The van der Waals surface area contributed by atoms with E-state index in [1.54, 1.807) is 20.3 Å². The molecule has 1 amide bonds. The van der Waals surface area contributed by atoms with Gasteiger partial charge in [0.2, 0.25) is 0 Å². The molecule has 0 atom stereocenters. The Morgan fingerprint density at radius 3 is 2.58 bits per heavy atom. The lowest BCUT2D eigenvalue weighted by molar-refractivity contribution is 0.0906. The molecule has 0 bridgehead atoms. The number of amides is 1. The van der Waals surface area contributed by atoms with E-state index in [9.17, 15) is 4.79 Å². The van der Waals surface area contributed by atoms with Crippen LogP contribution >= 0.6 is 0 Å². The zero-order valence-electron chi connectivity index (χ0n) is 15.4. The van der Waals surface area contributed by atoms with E-state index in [0.29, 0.717) is 11.3 Å². The zero-order chi connectivity index (χ0) is 18.4. The highest BCUT2D eigenvalue weighted by molar-refractivity contribution is 5.97. The van der Waals surface area contributed by atoms with Crippen molar-refractivity contribution in [1.29, 1.82) is 0 Å². The first-order chi connectivity index (χ1) is 12.7. The first-order valence-electron chi connectivity index (χ1n) is 8.98. The van der Waals surface area contributed by atoms with Crippen LogP contribution in [0.2, 0.25) is 0 Å². The van der Waals surface area contributed by atoms with Gasteiger partial charge in [-0.1, -0.05) is 24.3 Å². The second-order valence-corrected chi connectivity index (χ2v) is 6.58. The van der Waals surface area contributed by atoms with Gasteiger partial charge in [0.15, 0.2) is 0 Å². The van der Waals surface area contributed by atoms with Gasteiger partial charge in [-0.05, 0) is 42.7 Å². The summed E-state index contributed by atoms with van der Waals surface area (Å²) < 4.78 is 10.6. The minimum Gasteiger partial charge on any atom is -0.497 e. The van der Waals surface area contributed by atoms with E-state index in [0.717, 1.165) is 38.2 Å². The van der Waals surface area contributed by atoms with E-state index in [1.807, 2.05) is 30.3 Å². The molecule has 138 valence electrons. The highest BCUT2D eigenvalue weighted by Crippen LogP contribution is 2.20. The number of carbonyl (C=O) groups is 1. The number of rotatable bonds is 6. The smallest absolute Gasteiger partial charge is 0.255 e. The maximum Gasteiger partial charge on any atom is 0.255 e. The van der Waals surface area contributed by atoms with Gasteiger partial charge in [-0.15, -0.1) is 0 Å². The van der Waals surface area contributed by atoms with Gasteiger partial charge < -0.3 is 14.8 Å². The molecular weight excluding hydrogens is 328 g/mol. The Labute approximate surface area is 154 Å². The van der Waals surface area contributed by atoms with Crippen molar-refractivity contribution in [3.8, 4) is 11.5 Å². The minimum atomic E-state index is -0.0614. The monoisotopic (exact) mass is 354 g/mol. The van der Waals surface area contributed by atoms with E-state index < -0.39 is 0 Å². The van der Waals surface area contributed by atoms with Crippen LogP contribution in [0.4, 0.5) is 0 Å². The summed E-state index contributed by atoms with van der Waals surface area (Å²) in [5.74, 6) is 1.44. The summed E-state index contributed by atoms with van der Waals surface area (Å²) in [7, 11) is 3.28. The third-order valence-corrected chi connectivity index (χ3v) is 4.81. The van der Waals surface area contributed by atoms with Crippen LogP contribution in [0.1, 0.15) is 28.8 Å². The molecule has 2 aromatic rings. The van der Waals surface area contributed by atoms with Crippen LogP contribution < -0.4 is 14.8 Å². The maximum atomic E-state index is 12.5. The first kappa shape index (κ1) is 18.3. The van der Waals surface area contributed by atoms with E-state index in [-0.39, 0.29) is 11.9 Å². The summed E-state index contributed by atoms with van der Waals surface area (Å²) in [6, 6.07) is 15.7. The van der Waals surface area contributed by atoms with Gasteiger partial charge >= 0.3 is 0 Å². The number of para-hydroxylation sites is 1. The lowest BCUT2D eigenvalue weighted by Crippen LogP contribution is -2.44. The van der Waals surface area contributed by atoms with E-state index >= 15 is 0 Å². The molecule has 2 aromatic carbocycles. The number of benzene rings is 2. The van der Waals surface area contributed by atoms with Crippen LogP contribution in [-0.2, 0) is 6.54 Å². The number of hydrogen-bond acceptors (Lipinski definition) is 4. The highest BCUT2D eigenvalue weighted by Gasteiger charge is 2.22. The number of piperidine rings is 1. The summed E-state index contributed by atoms with van der Waals surface area (Å²) >= 11 is 0. The highest BCUT2D eigenvalue weighted by atomic mass is 16.5. The van der Waals surface area contributed by atoms with Crippen molar-refractivity contribution in [3.63, 3.8) is 0 Å². The summed E-state index contributed by atoms with van der Waals surface area (Å²) in [6.45, 7) is 2.84. The minimum absolute atomic E-state index is 0.0614. The van der Waals surface area contributed by atoms with Gasteiger partial charge in [0.05, 0.1) is 19.8 Å². The summed E-state index contributed by atoms with van der Waals surface area (Å²) in [5.41, 5.74) is 1.84. The molecule has 1 N–H and O–H groups in total. The molecule has 5 heteroatoms. The van der Waals surface area contributed by atoms with Crippen molar-refractivity contribution in [2.75, 3.05) is 27.3 Å². The Kier molecular flexibility index (Phi) is 6.12. The predicted octanol–water partition coefficient (Wildman–Crippen LogP) is 3.10. The lowest BCUT2D eigenvalue weighted by Gasteiger charge is -2.32. The molecule has 0 radical (unpaired) electrons. The average molecular weight is 354 g/mol. The van der Waals surface area contributed by atoms with Gasteiger partial charge in [-0.25, -0.2) is 0 Å². The molecule has 3 rings (SSSR count). The van der Waals surface area contributed by atoms with Crippen LogP contribution in [0.5, 0.6) is 11.5 Å². The number of nitrogens with one attached hydrogen (secondary N) is 1. The van der Waals surface area contributed by atoms with E-state index in [2.05, 4.69) is 22.3 Å². The SMILES string of the molecule is COc1cccc(CN2CCC(NC(=O)c3ccccc3OC)CC2)c1. The van der Waals surface area contributed by atoms with Gasteiger partial charge in [-0.2, -0.15) is 0 Å². The normalized spacial score (nSPS) is 15.5. The van der Waals surface area contributed by atoms with Gasteiger partial charge in [0.1, 0.15) is 11.5 Å². The number of ether oxygens (including phenoxy) is 2. The summed E-state index contributed by atoms with van der Waals surface area (Å²) in [4.78, 5) is 14.9. The molecule has 1 saturated heterocycles. The molecule has 0 aliphatic carbocycles. The van der Waals surface area contributed by atoms with Crippen LogP contribution in [0.25, 0.3) is 0 Å². The van der Waals surface area contributed by atoms with Crippen LogP contribution in [0, 0.1) is 0 Å². The van der Waals surface area contributed by atoms with Crippen molar-refractivity contribution in [3.05, 3.63) is 59.7 Å². The Morgan fingerprint density at radius 2 is 1.85 bits per heavy atom. The standard InChI is InChI=1S/C21H26N2O3/c1-25-18-7-5-6-16(14-18)15-23-12-10-17(11-13-23)22-21(24)19-8-3-4-9-20(19)26-2/h3-9,14,17H,10-13,15H2,1-2H3,(H,22,24). The fourth-order valence-electron chi connectivity index (χ4n) is 3.36. The van der Waals surface area contributed by atoms with Crippen molar-refractivity contribution in [1.82, 2.24) is 10.2 Å². The Bertz CT molecular complexity index is 740. The Morgan fingerprint density at radius 1 is 1.08 bits per heavy atom. The summed E-state index contributed by atoms with van der Waals surface area (Å²) in [6.07, 6.45) is 1.90. The molecule has 1 aliphatic heterocycles. The second kappa shape index (κ2) is 8.72. The molecule has 0 saturated carbocycles. The number of hydrogen-bond donors (Lipinski definition) is 1. The number of nitrogens with zero attached hydrogens (tertiary/aromatic N) is 1. The molecule has 5 nitrogen and oxygen atoms in total. The summed E-state index contributed by atoms with van der Waals surface area (Å²) in [5, 5.41) is 3.15. The molecule has 1 aliphatic rings. The van der Waals surface area contributed by atoms with Crippen LogP contribution in [0.15, 0.2) is 48.5 Å². The second-order valence-electron chi connectivity index (χ2n) is 6.58.